The SMILES string of the molecule is OCCC#Cc1ccc(-n2cccn2)cc1. The summed E-state index contributed by atoms with van der Waals surface area (Å²) in [6.45, 7) is 0.109. The first-order valence-corrected chi connectivity index (χ1v) is 5.10. The highest BCUT2D eigenvalue weighted by atomic mass is 16.2. The van der Waals surface area contributed by atoms with E-state index in [2.05, 4.69) is 16.9 Å². The molecule has 1 heterocycles. The normalized spacial score (nSPS) is 9.56. The third kappa shape index (κ3) is 2.50. The molecule has 0 unspecified atom stereocenters. The van der Waals surface area contributed by atoms with Gasteiger partial charge in [-0.1, -0.05) is 11.8 Å². The third-order valence-electron chi connectivity index (χ3n) is 2.11. The van der Waals surface area contributed by atoms with E-state index in [1.165, 1.54) is 0 Å². The zero-order valence-corrected chi connectivity index (χ0v) is 8.80. The predicted octanol–water partition coefficient (Wildman–Crippen LogP) is 1.61. The molecule has 0 radical (unpaired) electrons. The Morgan fingerprint density at radius 1 is 1.25 bits per heavy atom. The Balaban J connectivity index is 2.15. The molecule has 16 heavy (non-hydrogen) atoms. The number of rotatable bonds is 2. The van der Waals surface area contributed by atoms with Gasteiger partial charge in [0.05, 0.1) is 12.3 Å². The van der Waals surface area contributed by atoms with Gasteiger partial charge in [0, 0.05) is 24.4 Å². The summed E-state index contributed by atoms with van der Waals surface area (Å²) in [5.41, 5.74) is 1.96. The molecule has 0 saturated heterocycles. The van der Waals surface area contributed by atoms with E-state index in [1.54, 1.807) is 10.9 Å². The van der Waals surface area contributed by atoms with Crippen molar-refractivity contribution in [3.63, 3.8) is 0 Å². The van der Waals surface area contributed by atoms with Crippen molar-refractivity contribution in [3.8, 4) is 17.5 Å². The smallest absolute Gasteiger partial charge is 0.0646 e. The summed E-state index contributed by atoms with van der Waals surface area (Å²) >= 11 is 0. The molecule has 0 fully saturated rings. The second-order valence-corrected chi connectivity index (χ2v) is 3.27. The minimum atomic E-state index is 0.109. The predicted molar refractivity (Wildman–Crippen MR) is 62.1 cm³/mol. The van der Waals surface area contributed by atoms with Gasteiger partial charge in [0.2, 0.25) is 0 Å². The van der Waals surface area contributed by atoms with Crippen molar-refractivity contribution in [1.82, 2.24) is 9.78 Å². The van der Waals surface area contributed by atoms with Crippen LogP contribution in [0.4, 0.5) is 0 Å². The average Bonchev–Trinajstić information content (AvgIpc) is 2.84. The summed E-state index contributed by atoms with van der Waals surface area (Å²) in [5.74, 6) is 5.86. The molecule has 1 aromatic heterocycles. The van der Waals surface area contributed by atoms with E-state index in [0.717, 1.165) is 11.3 Å². The van der Waals surface area contributed by atoms with E-state index < -0.39 is 0 Å². The molecule has 1 N–H and O–H groups in total. The van der Waals surface area contributed by atoms with Crippen LogP contribution >= 0.6 is 0 Å². The van der Waals surface area contributed by atoms with E-state index in [1.807, 2.05) is 36.5 Å². The monoisotopic (exact) mass is 212 g/mol. The Hall–Kier alpha value is -2.05. The second kappa shape index (κ2) is 5.15. The van der Waals surface area contributed by atoms with Gasteiger partial charge in [0.25, 0.3) is 0 Å². The molecule has 0 aliphatic rings. The van der Waals surface area contributed by atoms with E-state index in [4.69, 9.17) is 5.11 Å². The molecule has 0 atom stereocenters. The van der Waals surface area contributed by atoms with Gasteiger partial charge in [-0.05, 0) is 30.3 Å². The van der Waals surface area contributed by atoms with Crippen LogP contribution in [0, 0.1) is 11.8 Å². The average molecular weight is 212 g/mol. The maximum atomic E-state index is 8.60. The zero-order chi connectivity index (χ0) is 11.2. The van der Waals surface area contributed by atoms with E-state index in [9.17, 15) is 0 Å². The van der Waals surface area contributed by atoms with E-state index >= 15 is 0 Å². The zero-order valence-electron chi connectivity index (χ0n) is 8.80. The van der Waals surface area contributed by atoms with Crippen LogP contribution in [0.1, 0.15) is 12.0 Å². The molecule has 3 heteroatoms. The minimum absolute atomic E-state index is 0.109. The van der Waals surface area contributed by atoms with Crippen LogP contribution in [0.2, 0.25) is 0 Å². The highest BCUT2D eigenvalue weighted by Gasteiger charge is 1.94. The number of nitrogens with zero attached hydrogens (tertiary/aromatic N) is 2. The van der Waals surface area contributed by atoms with Crippen molar-refractivity contribution < 1.29 is 5.11 Å². The summed E-state index contributed by atoms with van der Waals surface area (Å²) in [5, 5.41) is 12.7. The van der Waals surface area contributed by atoms with Gasteiger partial charge in [0.1, 0.15) is 0 Å². The van der Waals surface area contributed by atoms with Crippen LogP contribution in [0.3, 0.4) is 0 Å². The van der Waals surface area contributed by atoms with Crippen LogP contribution < -0.4 is 0 Å². The largest absolute Gasteiger partial charge is 0.395 e. The number of aliphatic hydroxyl groups excluding tert-OH is 1. The molecule has 0 bridgehead atoms. The Bertz CT molecular complexity index is 489. The Kier molecular flexibility index (Phi) is 3.37. The lowest BCUT2D eigenvalue weighted by molar-refractivity contribution is 0.305. The minimum Gasteiger partial charge on any atom is -0.395 e. The van der Waals surface area contributed by atoms with Crippen molar-refractivity contribution in [1.29, 1.82) is 0 Å². The summed E-state index contributed by atoms with van der Waals surface area (Å²) in [6.07, 6.45) is 4.16. The maximum Gasteiger partial charge on any atom is 0.0646 e. The summed E-state index contributed by atoms with van der Waals surface area (Å²) in [4.78, 5) is 0. The first-order chi connectivity index (χ1) is 7.90. The van der Waals surface area contributed by atoms with Crippen molar-refractivity contribution >= 4 is 0 Å². The number of hydrogen-bond donors (Lipinski definition) is 1. The van der Waals surface area contributed by atoms with Gasteiger partial charge in [-0.25, -0.2) is 4.68 Å². The number of hydrogen-bond acceptors (Lipinski definition) is 2. The standard InChI is InChI=1S/C13H12N2O/c16-11-2-1-4-12-5-7-13(8-6-12)15-10-3-9-14-15/h3,5-10,16H,2,11H2. The Morgan fingerprint density at radius 3 is 2.69 bits per heavy atom. The molecule has 2 rings (SSSR count). The summed E-state index contributed by atoms with van der Waals surface area (Å²) < 4.78 is 1.80. The lowest BCUT2D eigenvalue weighted by Gasteiger charge is -2.00. The fourth-order valence-electron chi connectivity index (χ4n) is 1.34. The Morgan fingerprint density at radius 2 is 2.06 bits per heavy atom. The fraction of sp³-hybridized carbons (Fsp3) is 0.154. The van der Waals surface area contributed by atoms with Gasteiger partial charge < -0.3 is 5.11 Å². The van der Waals surface area contributed by atoms with Gasteiger partial charge in [-0.15, -0.1) is 0 Å². The van der Waals surface area contributed by atoms with E-state index in [0.29, 0.717) is 6.42 Å². The second-order valence-electron chi connectivity index (χ2n) is 3.27. The van der Waals surface area contributed by atoms with Crippen molar-refractivity contribution in [3.05, 3.63) is 48.3 Å². The van der Waals surface area contributed by atoms with Gasteiger partial charge in [-0.2, -0.15) is 5.10 Å². The number of benzene rings is 1. The molecule has 0 amide bonds. The number of aromatic nitrogens is 2. The van der Waals surface area contributed by atoms with Crippen LogP contribution in [-0.2, 0) is 0 Å². The molecule has 80 valence electrons. The topological polar surface area (TPSA) is 38.0 Å². The molecule has 0 spiro atoms. The highest BCUT2D eigenvalue weighted by molar-refractivity contribution is 5.41. The molecule has 2 aromatic rings. The third-order valence-corrected chi connectivity index (χ3v) is 2.11. The molecular weight excluding hydrogens is 200 g/mol. The lowest BCUT2D eigenvalue weighted by atomic mass is 10.2. The van der Waals surface area contributed by atoms with Gasteiger partial charge in [-0.3, -0.25) is 0 Å². The van der Waals surface area contributed by atoms with Gasteiger partial charge in [0.15, 0.2) is 0 Å². The van der Waals surface area contributed by atoms with Crippen molar-refractivity contribution in [2.24, 2.45) is 0 Å². The van der Waals surface area contributed by atoms with Crippen molar-refractivity contribution in [2.75, 3.05) is 6.61 Å². The molecule has 0 aliphatic carbocycles. The van der Waals surface area contributed by atoms with Crippen molar-refractivity contribution in [2.45, 2.75) is 6.42 Å². The van der Waals surface area contributed by atoms with Gasteiger partial charge >= 0.3 is 0 Å². The molecule has 0 saturated carbocycles. The first kappa shape index (κ1) is 10.5. The van der Waals surface area contributed by atoms with Crippen LogP contribution in [0.25, 0.3) is 5.69 Å². The molecule has 3 nitrogen and oxygen atoms in total. The highest BCUT2D eigenvalue weighted by Crippen LogP contribution is 2.07. The van der Waals surface area contributed by atoms with Crippen LogP contribution in [0.15, 0.2) is 42.7 Å². The number of aliphatic hydroxyl groups is 1. The lowest BCUT2D eigenvalue weighted by Crippen LogP contribution is -1.93. The summed E-state index contributed by atoms with van der Waals surface area (Å²) in [6, 6.07) is 9.71. The quantitative estimate of drug-likeness (QED) is 0.768. The summed E-state index contributed by atoms with van der Waals surface area (Å²) in [7, 11) is 0. The molecule has 1 aromatic carbocycles. The maximum absolute atomic E-state index is 8.60. The molecular formula is C13H12N2O. The Labute approximate surface area is 94.3 Å². The van der Waals surface area contributed by atoms with Crippen LogP contribution in [0.5, 0.6) is 0 Å². The fourth-order valence-corrected chi connectivity index (χ4v) is 1.34. The van der Waals surface area contributed by atoms with E-state index in [-0.39, 0.29) is 6.61 Å². The van der Waals surface area contributed by atoms with Crippen LogP contribution in [-0.4, -0.2) is 21.5 Å². The molecule has 0 aliphatic heterocycles. The first-order valence-electron chi connectivity index (χ1n) is 5.10.